The van der Waals surface area contributed by atoms with E-state index < -0.39 is 6.10 Å². The van der Waals surface area contributed by atoms with Crippen molar-refractivity contribution < 1.29 is 5.11 Å². The average molecular weight is 230 g/mol. The lowest BCUT2D eigenvalue weighted by molar-refractivity contribution is 0.220. The fraction of sp³-hybridized carbons (Fsp3) is 0.375. The Balaban J connectivity index is 3.31. The van der Waals surface area contributed by atoms with Gasteiger partial charge in [-0.2, -0.15) is 0 Å². The van der Waals surface area contributed by atoms with Crippen LogP contribution in [0.2, 0.25) is 0 Å². The zero-order valence-corrected chi connectivity index (χ0v) is 11.0. The van der Waals surface area contributed by atoms with Gasteiger partial charge in [0.05, 0.1) is 6.10 Å². The molecule has 0 radical (unpaired) electrons. The second-order valence-electron chi connectivity index (χ2n) is 4.62. The van der Waals surface area contributed by atoms with E-state index in [0.29, 0.717) is 5.92 Å². The van der Waals surface area contributed by atoms with Crippen LogP contribution in [0.25, 0.3) is 5.57 Å². The molecule has 17 heavy (non-hydrogen) atoms. The molecule has 1 nitrogen and oxygen atoms in total. The summed E-state index contributed by atoms with van der Waals surface area (Å²) in [6, 6.07) is 10.2. The first kappa shape index (κ1) is 13.7. The van der Waals surface area contributed by atoms with Crippen LogP contribution < -0.4 is 0 Å². The van der Waals surface area contributed by atoms with E-state index in [1.54, 1.807) is 0 Å². The molecular weight excluding hydrogens is 208 g/mol. The number of benzene rings is 1. The van der Waals surface area contributed by atoms with E-state index in [2.05, 4.69) is 32.6 Å². The van der Waals surface area contributed by atoms with Gasteiger partial charge in [0, 0.05) is 0 Å². The van der Waals surface area contributed by atoms with Crippen molar-refractivity contribution in [3.8, 4) is 0 Å². The predicted octanol–water partition coefficient (Wildman–Crippen LogP) is 4.05. The van der Waals surface area contributed by atoms with Crippen LogP contribution in [-0.2, 0) is 0 Å². The van der Waals surface area contributed by atoms with Gasteiger partial charge in [-0.1, -0.05) is 50.3 Å². The summed E-state index contributed by atoms with van der Waals surface area (Å²) in [6.45, 7) is 9.88. The van der Waals surface area contributed by atoms with E-state index in [-0.39, 0.29) is 0 Å². The third-order valence-corrected chi connectivity index (χ3v) is 2.89. The Hall–Kier alpha value is -1.34. The van der Waals surface area contributed by atoms with Gasteiger partial charge in [0.1, 0.15) is 0 Å². The molecule has 0 spiro atoms. The molecule has 0 saturated carbocycles. The second-order valence-corrected chi connectivity index (χ2v) is 4.62. The van der Waals surface area contributed by atoms with Gasteiger partial charge in [-0.25, -0.2) is 0 Å². The maximum atomic E-state index is 9.95. The number of aliphatic hydroxyl groups excluding tert-OH is 1. The SMILES string of the molecule is C=CC/C(=C(/C(C)C)C(C)O)c1ccccc1. The number of aliphatic hydroxyl groups is 1. The summed E-state index contributed by atoms with van der Waals surface area (Å²) in [5.74, 6) is 0.338. The van der Waals surface area contributed by atoms with Crippen LogP contribution in [0.4, 0.5) is 0 Å². The molecule has 0 aromatic heterocycles. The summed E-state index contributed by atoms with van der Waals surface area (Å²) in [6.07, 6.45) is 2.28. The van der Waals surface area contributed by atoms with E-state index in [0.717, 1.165) is 12.0 Å². The first-order chi connectivity index (χ1) is 8.07. The summed E-state index contributed by atoms with van der Waals surface area (Å²) in [5.41, 5.74) is 3.48. The van der Waals surface area contributed by atoms with Crippen molar-refractivity contribution in [2.24, 2.45) is 5.92 Å². The first-order valence-corrected chi connectivity index (χ1v) is 6.15. The Labute approximate surface area is 104 Å². The van der Waals surface area contributed by atoms with Gasteiger partial charge in [0.15, 0.2) is 0 Å². The molecule has 0 aliphatic carbocycles. The fourth-order valence-electron chi connectivity index (χ4n) is 2.27. The summed E-state index contributed by atoms with van der Waals surface area (Å²) >= 11 is 0. The van der Waals surface area contributed by atoms with Crippen molar-refractivity contribution in [3.05, 3.63) is 54.1 Å². The zero-order chi connectivity index (χ0) is 12.8. The molecule has 0 amide bonds. The molecule has 1 unspecified atom stereocenters. The third-order valence-electron chi connectivity index (χ3n) is 2.89. The lowest BCUT2D eigenvalue weighted by Crippen LogP contribution is -2.13. The van der Waals surface area contributed by atoms with Crippen molar-refractivity contribution in [1.29, 1.82) is 0 Å². The molecule has 0 bridgehead atoms. The average Bonchev–Trinajstić information content (AvgIpc) is 2.28. The van der Waals surface area contributed by atoms with Gasteiger partial charge >= 0.3 is 0 Å². The monoisotopic (exact) mass is 230 g/mol. The zero-order valence-electron chi connectivity index (χ0n) is 11.0. The summed E-state index contributed by atoms with van der Waals surface area (Å²) in [7, 11) is 0. The molecule has 1 rings (SSSR count). The standard InChI is InChI=1S/C16H22O/c1-5-9-15(14-10-7-6-8-11-14)16(12(2)3)13(4)17/h5-8,10-13,17H,1,9H2,2-4H3/b16-15+. The predicted molar refractivity (Wildman–Crippen MR) is 74.7 cm³/mol. The van der Waals surface area contributed by atoms with Crippen molar-refractivity contribution in [2.45, 2.75) is 33.3 Å². The van der Waals surface area contributed by atoms with Crippen LogP contribution >= 0.6 is 0 Å². The van der Waals surface area contributed by atoms with E-state index in [4.69, 9.17) is 0 Å². The molecule has 92 valence electrons. The molecule has 0 saturated heterocycles. The normalized spacial score (nSPS) is 14.4. The largest absolute Gasteiger partial charge is 0.389 e. The molecule has 1 N–H and O–H groups in total. The highest BCUT2D eigenvalue weighted by Crippen LogP contribution is 2.29. The van der Waals surface area contributed by atoms with Gasteiger partial charge in [-0.3, -0.25) is 0 Å². The highest BCUT2D eigenvalue weighted by molar-refractivity contribution is 5.70. The topological polar surface area (TPSA) is 20.2 Å². The molecule has 1 aromatic rings. The number of rotatable bonds is 5. The maximum Gasteiger partial charge on any atom is 0.0730 e. The first-order valence-electron chi connectivity index (χ1n) is 6.15. The molecule has 0 heterocycles. The van der Waals surface area contributed by atoms with Gasteiger partial charge in [0.2, 0.25) is 0 Å². The van der Waals surface area contributed by atoms with Gasteiger partial charge in [0.25, 0.3) is 0 Å². The van der Waals surface area contributed by atoms with Crippen LogP contribution in [0.15, 0.2) is 48.6 Å². The molecule has 1 atom stereocenters. The quantitative estimate of drug-likeness (QED) is 0.756. The Kier molecular flexibility index (Phi) is 5.17. The number of allylic oxidation sites excluding steroid dienone is 2. The van der Waals surface area contributed by atoms with Crippen LogP contribution in [0.1, 0.15) is 32.8 Å². The van der Waals surface area contributed by atoms with Crippen molar-refractivity contribution >= 4 is 5.57 Å². The minimum atomic E-state index is -0.412. The smallest absolute Gasteiger partial charge is 0.0730 e. The molecule has 0 aliphatic heterocycles. The molecule has 1 aromatic carbocycles. The molecular formula is C16H22O. The Morgan fingerprint density at radius 1 is 1.24 bits per heavy atom. The van der Waals surface area contributed by atoms with Crippen molar-refractivity contribution in [1.82, 2.24) is 0 Å². The van der Waals surface area contributed by atoms with E-state index in [9.17, 15) is 5.11 Å². The van der Waals surface area contributed by atoms with Gasteiger partial charge in [-0.15, -0.1) is 6.58 Å². The van der Waals surface area contributed by atoms with Crippen molar-refractivity contribution in [3.63, 3.8) is 0 Å². The lowest BCUT2D eigenvalue weighted by Gasteiger charge is -2.20. The van der Waals surface area contributed by atoms with Crippen molar-refractivity contribution in [2.75, 3.05) is 0 Å². The molecule has 0 fully saturated rings. The van der Waals surface area contributed by atoms with Crippen LogP contribution in [0, 0.1) is 5.92 Å². The van der Waals surface area contributed by atoms with E-state index >= 15 is 0 Å². The molecule has 1 heteroatoms. The number of hydrogen-bond acceptors (Lipinski definition) is 1. The maximum absolute atomic E-state index is 9.95. The Morgan fingerprint density at radius 3 is 2.24 bits per heavy atom. The number of hydrogen-bond donors (Lipinski definition) is 1. The van der Waals surface area contributed by atoms with Crippen LogP contribution in [-0.4, -0.2) is 11.2 Å². The minimum Gasteiger partial charge on any atom is -0.389 e. The molecule has 0 aliphatic rings. The van der Waals surface area contributed by atoms with Crippen LogP contribution in [0.3, 0.4) is 0 Å². The fourth-order valence-corrected chi connectivity index (χ4v) is 2.27. The van der Waals surface area contributed by atoms with Gasteiger partial charge in [-0.05, 0) is 36.0 Å². The summed E-state index contributed by atoms with van der Waals surface area (Å²) < 4.78 is 0. The van der Waals surface area contributed by atoms with E-state index in [1.165, 1.54) is 11.1 Å². The second kappa shape index (κ2) is 6.41. The Morgan fingerprint density at radius 2 is 1.82 bits per heavy atom. The summed E-state index contributed by atoms with van der Waals surface area (Å²) in [4.78, 5) is 0. The third kappa shape index (κ3) is 3.57. The minimum absolute atomic E-state index is 0.338. The van der Waals surface area contributed by atoms with Crippen LogP contribution in [0.5, 0.6) is 0 Å². The Bertz CT molecular complexity index is 375. The highest BCUT2D eigenvalue weighted by Gasteiger charge is 2.16. The lowest BCUT2D eigenvalue weighted by atomic mass is 9.87. The van der Waals surface area contributed by atoms with E-state index in [1.807, 2.05) is 31.2 Å². The highest BCUT2D eigenvalue weighted by atomic mass is 16.3. The van der Waals surface area contributed by atoms with Gasteiger partial charge < -0.3 is 5.11 Å². The summed E-state index contributed by atoms with van der Waals surface area (Å²) in [5, 5.41) is 9.95.